The van der Waals surface area contributed by atoms with Crippen molar-refractivity contribution in [2.24, 2.45) is 0 Å². The van der Waals surface area contributed by atoms with Crippen LogP contribution < -0.4 is 0 Å². The van der Waals surface area contributed by atoms with Gasteiger partial charge in [-0.25, -0.2) is 4.39 Å². The SMILES string of the molecule is O=C(/C=C/Sc1nncs1)c1ccc(F)cc1. The summed E-state index contributed by atoms with van der Waals surface area (Å²) in [6.45, 7) is 0. The second-order valence-electron chi connectivity index (χ2n) is 3.00. The van der Waals surface area contributed by atoms with E-state index in [1.165, 1.54) is 53.4 Å². The Morgan fingerprint density at radius 3 is 2.76 bits per heavy atom. The zero-order valence-corrected chi connectivity index (χ0v) is 10.2. The molecule has 2 aromatic rings. The molecule has 0 spiro atoms. The molecule has 2 rings (SSSR count). The van der Waals surface area contributed by atoms with Gasteiger partial charge in [0, 0.05) is 5.56 Å². The molecule has 0 aliphatic heterocycles. The summed E-state index contributed by atoms with van der Waals surface area (Å²) in [5.41, 5.74) is 2.08. The van der Waals surface area contributed by atoms with Gasteiger partial charge in [-0.1, -0.05) is 23.1 Å². The summed E-state index contributed by atoms with van der Waals surface area (Å²) in [4.78, 5) is 11.6. The molecule has 0 saturated carbocycles. The van der Waals surface area contributed by atoms with Gasteiger partial charge in [0.15, 0.2) is 10.1 Å². The second kappa shape index (κ2) is 5.70. The van der Waals surface area contributed by atoms with Crippen LogP contribution in [0.4, 0.5) is 4.39 Å². The number of carbonyl (C=O) groups excluding carboxylic acids is 1. The Morgan fingerprint density at radius 2 is 2.12 bits per heavy atom. The molecule has 0 N–H and O–H groups in total. The topological polar surface area (TPSA) is 42.9 Å². The highest BCUT2D eigenvalue weighted by molar-refractivity contribution is 8.03. The first-order valence-electron chi connectivity index (χ1n) is 4.65. The first-order valence-corrected chi connectivity index (χ1v) is 6.41. The quantitative estimate of drug-likeness (QED) is 0.484. The first-order chi connectivity index (χ1) is 8.25. The minimum atomic E-state index is -0.353. The van der Waals surface area contributed by atoms with Gasteiger partial charge >= 0.3 is 0 Å². The van der Waals surface area contributed by atoms with Crippen LogP contribution in [-0.4, -0.2) is 16.0 Å². The maximum Gasteiger partial charge on any atom is 0.186 e. The van der Waals surface area contributed by atoms with Crippen molar-refractivity contribution in [3.8, 4) is 0 Å². The van der Waals surface area contributed by atoms with Gasteiger partial charge in [-0.05, 0) is 35.7 Å². The Bertz CT molecular complexity index is 523. The van der Waals surface area contributed by atoms with E-state index in [0.29, 0.717) is 5.56 Å². The van der Waals surface area contributed by atoms with Crippen LogP contribution in [0.25, 0.3) is 0 Å². The average Bonchev–Trinajstić information content (AvgIpc) is 2.83. The van der Waals surface area contributed by atoms with Crippen molar-refractivity contribution in [1.82, 2.24) is 10.2 Å². The highest BCUT2D eigenvalue weighted by atomic mass is 32.2. The van der Waals surface area contributed by atoms with Gasteiger partial charge in [0.2, 0.25) is 0 Å². The number of hydrogen-bond acceptors (Lipinski definition) is 5. The monoisotopic (exact) mass is 266 g/mol. The molecular weight excluding hydrogens is 259 g/mol. The molecular formula is C11H7FN2OS2. The molecule has 1 heterocycles. The van der Waals surface area contributed by atoms with Crippen LogP contribution >= 0.6 is 23.1 Å². The molecule has 0 aliphatic carbocycles. The molecule has 0 amide bonds. The number of halogens is 1. The number of aromatic nitrogens is 2. The smallest absolute Gasteiger partial charge is 0.186 e. The number of nitrogens with zero attached hydrogens (tertiary/aromatic N) is 2. The number of carbonyl (C=O) groups is 1. The second-order valence-corrected chi connectivity index (χ2v) is 4.98. The lowest BCUT2D eigenvalue weighted by atomic mass is 10.1. The molecule has 0 radical (unpaired) electrons. The van der Waals surface area contributed by atoms with E-state index in [2.05, 4.69) is 10.2 Å². The van der Waals surface area contributed by atoms with Crippen LogP contribution in [0.2, 0.25) is 0 Å². The Kier molecular flexibility index (Phi) is 4.00. The summed E-state index contributed by atoms with van der Waals surface area (Å²) in [5.74, 6) is -0.518. The van der Waals surface area contributed by atoms with E-state index >= 15 is 0 Å². The van der Waals surface area contributed by atoms with Crippen LogP contribution in [0, 0.1) is 5.82 Å². The average molecular weight is 266 g/mol. The summed E-state index contributed by atoms with van der Waals surface area (Å²) in [6, 6.07) is 5.44. The van der Waals surface area contributed by atoms with E-state index < -0.39 is 0 Å². The van der Waals surface area contributed by atoms with Gasteiger partial charge in [-0.3, -0.25) is 4.79 Å². The lowest BCUT2D eigenvalue weighted by Gasteiger charge is -1.94. The summed E-state index contributed by atoms with van der Waals surface area (Å²) < 4.78 is 13.4. The van der Waals surface area contributed by atoms with E-state index in [1.54, 1.807) is 10.9 Å². The van der Waals surface area contributed by atoms with Crippen molar-refractivity contribution in [3.05, 3.63) is 52.6 Å². The molecule has 1 aromatic heterocycles. The molecule has 3 nitrogen and oxygen atoms in total. The molecule has 1 aromatic carbocycles. The van der Waals surface area contributed by atoms with Gasteiger partial charge in [0.1, 0.15) is 11.3 Å². The molecule has 17 heavy (non-hydrogen) atoms. The normalized spacial score (nSPS) is 10.9. The predicted octanol–water partition coefficient (Wildman–Crippen LogP) is 3.17. The number of thioether (sulfide) groups is 1. The fourth-order valence-corrected chi connectivity index (χ4v) is 2.28. The maximum absolute atomic E-state index is 12.6. The Labute approximate surface area is 105 Å². The van der Waals surface area contributed by atoms with Gasteiger partial charge in [-0.2, -0.15) is 0 Å². The van der Waals surface area contributed by atoms with Gasteiger partial charge in [0.05, 0.1) is 0 Å². The predicted molar refractivity (Wildman–Crippen MR) is 65.6 cm³/mol. The lowest BCUT2D eigenvalue weighted by Crippen LogP contribution is -1.93. The molecule has 0 fully saturated rings. The van der Waals surface area contributed by atoms with E-state index in [0.717, 1.165) is 4.34 Å². The summed E-state index contributed by atoms with van der Waals surface area (Å²) in [5, 5.41) is 9.14. The molecule has 86 valence electrons. The summed E-state index contributed by atoms with van der Waals surface area (Å²) >= 11 is 2.72. The third kappa shape index (κ3) is 3.47. The molecule has 6 heteroatoms. The van der Waals surface area contributed by atoms with Crippen molar-refractivity contribution in [2.45, 2.75) is 4.34 Å². The van der Waals surface area contributed by atoms with Gasteiger partial charge in [0.25, 0.3) is 0 Å². The molecule has 0 atom stereocenters. The Balaban J connectivity index is 1.97. The minimum absolute atomic E-state index is 0.165. The molecule has 0 unspecified atom stereocenters. The Hall–Kier alpha value is -1.53. The minimum Gasteiger partial charge on any atom is -0.289 e. The van der Waals surface area contributed by atoms with Crippen molar-refractivity contribution in [2.75, 3.05) is 0 Å². The standard InChI is InChI=1S/C11H7FN2OS2/c12-9-3-1-8(2-4-9)10(15)5-6-16-11-14-13-7-17-11/h1-7H/b6-5+. The zero-order chi connectivity index (χ0) is 12.1. The van der Waals surface area contributed by atoms with Crippen molar-refractivity contribution in [1.29, 1.82) is 0 Å². The Morgan fingerprint density at radius 1 is 1.35 bits per heavy atom. The summed E-state index contributed by atoms with van der Waals surface area (Å²) in [7, 11) is 0. The number of hydrogen-bond donors (Lipinski definition) is 0. The van der Waals surface area contributed by atoms with Crippen LogP contribution in [0.3, 0.4) is 0 Å². The molecule has 0 aliphatic rings. The van der Waals surface area contributed by atoms with Crippen molar-refractivity contribution in [3.63, 3.8) is 0 Å². The zero-order valence-electron chi connectivity index (χ0n) is 8.54. The van der Waals surface area contributed by atoms with E-state index in [9.17, 15) is 9.18 Å². The molecule has 0 bridgehead atoms. The number of allylic oxidation sites excluding steroid dienone is 1. The number of benzene rings is 1. The van der Waals surface area contributed by atoms with Crippen molar-refractivity contribution < 1.29 is 9.18 Å². The number of rotatable bonds is 4. The first kappa shape index (κ1) is 11.9. The lowest BCUT2D eigenvalue weighted by molar-refractivity contribution is 0.104. The summed E-state index contributed by atoms with van der Waals surface area (Å²) in [6.07, 6.45) is 1.43. The highest BCUT2D eigenvalue weighted by Gasteiger charge is 2.01. The molecule has 0 saturated heterocycles. The van der Waals surface area contributed by atoms with Gasteiger partial charge in [-0.15, -0.1) is 10.2 Å². The van der Waals surface area contributed by atoms with Gasteiger partial charge < -0.3 is 0 Å². The third-order valence-corrected chi connectivity index (χ3v) is 3.47. The highest BCUT2D eigenvalue weighted by Crippen LogP contribution is 2.20. The van der Waals surface area contributed by atoms with Crippen LogP contribution in [0.15, 0.2) is 45.6 Å². The maximum atomic E-state index is 12.6. The largest absolute Gasteiger partial charge is 0.289 e. The van der Waals surface area contributed by atoms with Crippen LogP contribution in [0.1, 0.15) is 10.4 Å². The number of ketones is 1. The van der Waals surface area contributed by atoms with Crippen LogP contribution in [-0.2, 0) is 0 Å². The van der Waals surface area contributed by atoms with Crippen molar-refractivity contribution >= 4 is 28.9 Å². The van der Waals surface area contributed by atoms with Crippen LogP contribution in [0.5, 0.6) is 0 Å². The van der Waals surface area contributed by atoms with E-state index in [-0.39, 0.29) is 11.6 Å². The fraction of sp³-hybridized carbons (Fsp3) is 0. The fourth-order valence-electron chi connectivity index (χ4n) is 1.08. The van der Waals surface area contributed by atoms with E-state index in [1.807, 2.05) is 0 Å². The van der Waals surface area contributed by atoms with E-state index in [4.69, 9.17) is 0 Å². The third-order valence-electron chi connectivity index (χ3n) is 1.86.